The third-order valence-electron chi connectivity index (χ3n) is 6.81. The van der Waals surface area contributed by atoms with Gasteiger partial charge in [0.25, 0.3) is 11.8 Å². The van der Waals surface area contributed by atoms with Crippen LogP contribution >= 0.6 is 28.1 Å². The van der Waals surface area contributed by atoms with Crippen molar-refractivity contribution in [1.82, 2.24) is 0 Å². The lowest BCUT2D eigenvalue weighted by Gasteiger charge is -2.36. The second-order valence-electron chi connectivity index (χ2n) is 9.40. The zero-order valence-corrected chi connectivity index (χ0v) is 24.1. The van der Waals surface area contributed by atoms with Crippen LogP contribution in [-0.4, -0.2) is 16.9 Å². The predicted octanol–water partition coefficient (Wildman–Crippen LogP) is 7.93. The van der Waals surface area contributed by atoms with Gasteiger partial charge in [0.05, 0.1) is 11.4 Å². The van der Waals surface area contributed by atoms with Gasteiger partial charge in [-0.25, -0.2) is 0 Å². The highest BCUT2D eigenvalue weighted by atomic mass is 79.9. The van der Waals surface area contributed by atoms with Crippen LogP contribution in [0, 0.1) is 0 Å². The molecule has 0 saturated carbocycles. The number of nitrogens with zero attached hydrogens (tertiary/aromatic N) is 2. The molecule has 6 rings (SSSR count). The van der Waals surface area contributed by atoms with Crippen molar-refractivity contribution in [2.75, 3.05) is 9.80 Å². The number of carbonyl (C=O) groups excluding carboxylic acids is 2. The molecule has 0 N–H and O–H groups in total. The number of ether oxygens (including phenoxy) is 1. The number of carbonyl (C=O) groups is 2. The number of fused-ring (bicyclic) bond motifs is 1. The summed E-state index contributed by atoms with van der Waals surface area (Å²) >= 11 is 9.25. The van der Waals surface area contributed by atoms with Crippen molar-refractivity contribution in [3.8, 4) is 5.75 Å². The number of hydrogen-bond acceptors (Lipinski definition) is 4. The first kappa shape index (κ1) is 26.6. The highest BCUT2D eigenvalue weighted by Gasteiger charge is 2.41. The quantitative estimate of drug-likeness (QED) is 0.110. The first-order valence-corrected chi connectivity index (χ1v) is 14.1. The molecule has 1 fully saturated rings. The van der Waals surface area contributed by atoms with Crippen LogP contribution in [-0.2, 0) is 16.2 Å². The Bertz CT molecular complexity index is 1750. The summed E-state index contributed by atoms with van der Waals surface area (Å²) < 4.78 is 7.09. The van der Waals surface area contributed by atoms with E-state index < -0.39 is 11.8 Å². The topological polar surface area (TPSA) is 49.9 Å². The highest BCUT2D eigenvalue weighted by Crippen LogP contribution is 2.33. The zero-order valence-electron chi connectivity index (χ0n) is 21.7. The van der Waals surface area contributed by atoms with Crippen molar-refractivity contribution in [2.45, 2.75) is 6.61 Å². The lowest BCUT2D eigenvalue weighted by Crippen LogP contribution is -2.56. The van der Waals surface area contributed by atoms with E-state index in [-0.39, 0.29) is 10.7 Å². The van der Waals surface area contributed by atoms with Crippen molar-refractivity contribution in [3.05, 3.63) is 143 Å². The summed E-state index contributed by atoms with van der Waals surface area (Å²) in [7, 11) is 0. The molecule has 0 unspecified atom stereocenters. The van der Waals surface area contributed by atoms with Gasteiger partial charge in [-0.1, -0.05) is 94.8 Å². The summed E-state index contributed by atoms with van der Waals surface area (Å²) in [5.41, 5.74) is 2.74. The van der Waals surface area contributed by atoms with E-state index in [1.54, 1.807) is 30.3 Å². The number of hydrogen-bond donors (Lipinski definition) is 0. The fourth-order valence-corrected chi connectivity index (χ4v) is 5.59. The molecule has 5 nitrogen and oxygen atoms in total. The van der Waals surface area contributed by atoms with Gasteiger partial charge in [-0.3, -0.25) is 19.4 Å². The molecule has 1 saturated heterocycles. The summed E-state index contributed by atoms with van der Waals surface area (Å²) in [5, 5.41) is 2.33. The standard InChI is InChI=1S/C34H23BrN2O3S/c35-26-18-19-31(40-22-24-12-9-11-23-10-7-8-17-29(23)24)25(20-26)21-30-32(38)36(27-13-3-1-4-14-27)34(41)37(33(30)39)28-15-5-2-6-16-28/h1-21H,22H2. The number of anilines is 2. The fourth-order valence-electron chi connectivity index (χ4n) is 4.83. The lowest BCUT2D eigenvalue weighted by molar-refractivity contribution is -0.120. The van der Waals surface area contributed by atoms with E-state index in [9.17, 15) is 9.59 Å². The average Bonchev–Trinajstić information content (AvgIpc) is 3.00. The van der Waals surface area contributed by atoms with Crippen LogP contribution in [0.5, 0.6) is 5.75 Å². The van der Waals surface area contributed by atoms with Gasteiger partial charge in [-0.05, 0) is 77.1 Å². The number of thiocarbonyl (C=S) groups is 1. The van der Waals surface area contributed by atoms with E-state index in [1.807, 2.05) is 78.9 Å². The van der Waals surface area contributed by atoms with Gasteiger partial charge >= 0.3 is 0 Å². The van der Waals surface area contributed by atoms with E-state index in [1.165, 1.54) is 9.80 Å². The largest absolute Gasteiger partial charge is 0.488 e. The summed E-state index contributed by atoms with van der Waals surface area (Å²) in [4.78, 5) is 30.6. The van der Waals surface area contributed by atoms with Crippen LogP contribution in [0.2, 0.25) is 0 Å². The van der Waals surface area contributed by atoms with Crippen molar-refractivity contribution in [1.29, 1.82) is 0 Å². The molecule has 0 atom stereocenters. The molecule has 41 heavy (non-hydrogen) atoms. The van der Waals surface area contributed by atoms with Crippen LogP contribution in [0.3, 0.4) is 0 Å². The average molecular weight is 620 g/mol. The Morgan fingerprint density at radius 3 is 1.95 bits per heavy atom. The third-order valence-corrected chi connectivity index (χ3v) is 7.67. The Labute approximate surface area is 251 Å². The van der Waals surface area contributed by atoms with Gasteiger partial charge in [-0.15, -0.1) is 0 Å². The molecule has 1 aliphatic heterocycles. The van der Waals surface area contributed by atoms with Gasteiger partial charge in [0.1, 0.15) is 17.9 Å². The molecule has 1 aliphatic rings. The molecule has 7 heteroatoms. The Balaban J connectivity index is 1.41. The molecule has 5 aromatic carbocycles. The van der Waals surface area contributed by atoms with Crippen LogP contribution in [0.25, 0.3) is 16.8 Å². The summed E-state index contributed by atoms with van der Waals surface area (Å²) in [6.07, 6.45) is 1.58. The van der Waals surface area contributed by atoms with Gasteiger partial charge in [-0.2, -0.15) is 0 Å². The van der Waals surface area contributed by atoms with Gasteiger partial charge < -0.3 is 4.74 Å². The zero-order chi connectivity index (χ0) is 28.3. The number of benzene rings is 5. The second kappa shape index (κ2) is 11.5. The maximum atomic E-state index is 13.9. The monoisotopic (exact) mass is 618 g/mol. The molecule has 0 aliphatic carbocycles. The van der Waals surface area contributed by atoms with E-state index in [0.29, 0.717) is 29.3 Å². The minimum atomic E-state index is -0.502. The van der Waals surface area contributed by atoms with E-state index in [0.717, 1.165) is 20.8 Å². The van der Waals surface area contributed by atoms with Crippen molar-refractivity contribution in [2.24, 2.45) is 0 Å². The Hall–Kier alpha value is -4.59. The molecule has 5 aromatic rings. The molecule has 0 radical (unpaired) electrons. The van der Waals surface area contributed by atoms with E-state index in [4.69, 9.17) is 17.0 Å². The van der Waals surface area contributed by atoms with E-state index in [2.05, 4.69) is 34.1 Å². The van der Waals surface area contributed by atoms with E-state index >= 15 is 0 Å². The Morgan fingerprint density at radius 1 is 0.707 bits per heavy atom. The predicted molar refractivity (Wildman–Crippen MR) is 171 cm³/mol. The fraction of sp³-hybridized carbons (Fsp3) is 0.0294. The SMILES string of the molecule is O=C1C(=Cc2cc(Br)ccc2OCc2cccc3ccccc23)C(=O)N(c2ccccc2)C(=S)N1c1ccccc1. The van der Waals surface area contributed by atoms with Crippen molar-refractivity contribution >= 4 is 73.3 Å². The molecule has 0 bridgehead atoms. The summed E-state index contributed by atoms with van der Waals surface area (Å²) in [6, 6.07) is 38.0. The van der Waals surface area contributed by atoms with Crippen molar-refractivity contribution < 1.29 is 14.3 Å². The van der Waals surface area contributed by atoms with Crippen LogP contribution in [0.1, 0.15) is 11.1 Å². The maximum absolute atomic E-state index is 13.9. The number of para-hydroxylation sites is 2. The number of amides is 2. The first-order valence-electron chi connectivity index (χ1n) is 12.9. The van der Waals surface area contributed by atoms with Crippen LogP contribution in [0.4, 0.5) is 11.4 Å². The smallest absolute Gasteiger partial charge is 0.270 e. The minimum Gasteiger partial charge on any atom is -0.488 e. The second-order valence-corrected chi connectivity index (χ2v) is 10.7. The molecule has 0 spiro atoms. The molecule has 0 aromatic heterocycles. The molecule has 200 valence electrons. The molecular formula is C34H23BrN2O3S. The number of rotatable bonds is 6. The third kappa shape index (κ3) is 5.29. The Kier molecular flexibility index (Phi) is 7.46. The number of halogens is 1. The van der Waals surface area contributed by atoms with Gasteiger partial charge in [0.2, 0.25) is 0 Å². The normalized spacial score (nSPS) is 13.6. The first-order chi connectivity index (χ1) is 20.0. The van der Waals surface area contributed by atoms with Crippen LogP contribution < -0.4 is 14.5 Å². The van der Waals surface area contributed by atoms with Crippen LogP contribution in [0.15, 0.2) is 131 Å². The molecule has 1 heterocycles. The van der Waals surface area contributed by atoms with Gasteiger partial charge in [0, 0.05) is 10.0 Å². The molecule has 2 amide bonds. The van der Waals surface area contributed by atoms with Gasteiger partial charge in [0.15, 0.2) is 5.11 Å². The summed E-state index contributed by atoms with van der Waals surface area (Å²) in [6.45, 7) is 0.317. The van der Waals surface area contributed by atoms with Crippen molar-refractivity contribution in [3.63, 3.8) is 0 Å². The maximum Gasteiger partial charge on any atom is 0.270 e. The minimum absolute atomic E-state index is 0.0283. The highest BCUT2D eigenvalue weighted by molar-refractivity contribution is 9.10. The molecular weight excluding hydrogens is 596 g/mol. The Morgan fingerprint density at radius 2 is 1.29 bits per heavy atom. The lowest BCUT2D eigenvalue weighted by atomic mass is 10.0. The summed E-state index contributed by atoms with van der Waals surface area (Å²) in [5.74, 6) is -0.461.